The third-order valence-corrected chi connectivity index (χ3v) is 7.92. The van der Waals surface area contributed by atoms with Crippen molar-refractivity contribution < 1.29 is 17.5 Å². The van der Waals surface area contributed by atoms with E-state index in [-0.39, 0.29) is 10.7 Å². The van der Waals surface area contributed by atoms with Crippen LogP contribution in [0.5, 0.6) is 0 Å². The number of halogens is 1. The van der Waals surface area contributed by atoms with E-state index < -0.39 is 10.0 Å². The Bertz CT molecular complexity index is 1220. The zero-order valence-corrected chi connectivity index (χ0v) is 19.2. The molecule has 2 heterocycles. The first-order valence-corrected chi connectivity index (χ1v) is 12.5. The highest BCUT2D eigenvalue weighted by molar-refractivity contribution is 7.99. The summed E-state index contributed by atoms with van der Waals surface area (Å²) in [7, 11) is -3.66. The van der Waals surface area contributed by atoms with Crippen molar-refractivity contribution in [2.45, 2.75) is 17.0 Å². The largest absolute Gasteiger partial charge is 0.379 e. The molecule has 0 atom stereocenters. The van der Waals surface area contributed by atoms with Crippen LogP contribution in [0.25, 0.3) is 17.1 Å². The molecule has 0 radical (unpaired) electrons. The van der Waals surface area contributed by atoms with Gasteiger partial charge in [-0.15, -0.1) is 10.2 Å². The van der Waals surface area contributed by atoms with Gasteiger partial charge in [0, 0.05) is 30.1 Å². The first-order valence-electron chi connectivity index (χ1n) is 10.0. The van der Waals surface area contributed by atoms with Gasteiger partial charge in [0.2, 0.25) is 10.0 Å². The Balaban J connectivity index is 1.77. The summed E-state index contributed by atoms with van der Waals surface area (Å²) in [5.74, 6) is 0.767. The number of aromatic nitrogens is 3. The van der Waals surface area contributed by atoms with Gasteiger partial charge in [-0.2, -0.15) is 4.31 Å². The van der Waals surface area contributed by atoms with Crippen molar-refractivity contribution in [3.8, 4) is 17.1 Å². The Kier molecular flexibility index (Phi) is 6.75. The van der Waals surface area contributed by atoms with E-state index in [9.17, 15) is 12.8 Å². The summed E-state index contributed by atoms with van der Waals surface area (Å²) in [6.07, 6.45) is 0. The van der Waals surface area contributed by atoms with Gasteiger partial charge >= 0.3 is 0 Å². The molecule has 0 amide bonds. The number of sulfonamides is 1. The summed E-state index contributed by atoms with van der Waals surface area (Å²) in [4.78, 5) is 0.182. The van der Waals surface area contributed by atoms with E-state index in [2.05, 4.69) is 16.8 Å². The van der Waals surface area contributed by atoms with Crippen molar-refractivity contribution >= 4 is 21.8 Å². The van der Waals surface area contributed by atoms with Crippen molar-refractivity contribution in [1.29, 1.82) is 0 Å². The fraction of sp³-hybridized carbons (Fsp3) is 0.273. The highest BCUT2D eigenvalue weighted by Gasteiger charge is 2.27. The summed E-state index contributed by atoms with van der Waals surface area (Å²) < 4.78 is 48.3. The molecule has 0 saturated carbocycles. The molecule has 1 aliphatic rings. The van der Waals surface area contributed by atoms with Gasteiger partial charge in [-0.1, -0.05) is 36.0 Å². The van der Waals surface area contributed by atoms with Crippen LogP contribution in [0.3, 0.4) is 0 Å². The molecule has 1 fully saturated rings. The summed E-state index contributed by atoms with van der Waals surface area (Å²) in [5, 5.41) is 9.26. The second kappa shape index (κ2) is 9.53. The molecule has 10 heteroatoms. The smallest absolute Gasteiger partial charge is 0.243 e. The fourth-order valence-corrected chi connectivity index (χ4v) is 5.54. The van der Waals surface area contributed by atoms with E-state index in [0.29, 0.717) is 54.3 Å². The monoisotopic (exact) mass is 474 g/mol. The van der Waals surface area contributed by atoms with Crippen LogP contribution in [-0.4, -0.2) is 59.5 Å². The molecular weight excluding hydrogens is 451 g/mol. The number of morpholine rings is 1. The van der Waals surface area contributed by atoms with Crippen molar-refractivity contribution in [1.82, 2.24) is 19.1 Å². The van der Waals surface area contributed by atoms with Gasteiger partial charge in [0.15, 0.2) is 11.0 Å². The third kappa shape index (κ3) is 4.78. The van der Waals surface area contributed by atoms with Gasteiger partial charge in [-0.3, -0.25) is 4.57 Å². The average molecular weight is 475 g/mol. The van der Waals surface area contributed by atoms with Gasteiger partial charge in [0.25, 0.3) is 0 Å². The van der Waals surface area contributed by atoms with Gasteiger partial charge in [-0.05, 0) is 43.3 Å². The normalized spacial score (nSPS) is 15.1. The molecule has 2 aromatic carbocycles. The molecule has 0 N–H and O–H groups in total. The molecule has 4 rings (SSSR count). The minimum absolute atomic E-state index is 0.182. The number of benzene rings is 2. The van der Waals surface area contributed by atoms with E-state index in [1.54, 1.807) is 41.0 Å². The predicted octanol–water partition coefficient (Wildman–Crippen LogP) is 3.76. The zero-order valence-electron chi connectivity index (χ0n) is 17.6. The SMILES string of the molecule is C=C(C)CSc1nnc(-c2cccc(S(=O)(=O)N3CCOCC3)c2)n1-c1ccc(F)cc1. The quantitative estimate of drug-likeness (QED) is 0.383. The van der Waals surface area contributed by atoms with Crippen molar-refractivity contribution in [2.75, 3.05) is 32.1 Å². The lowest BCUT2D eigenvalue weighted by molar-refractivity contribution is 0.0730. The standard InChI is InChI=1S/C22H23FN4O3S2/c1-16(2)15-31-22-25-24-21(27(22)19-8-6-18(23)7-9-19)17-4-3-5-20(14-17)32(28,29)26-10-12-30-13-11-26/h3-9,14H,1,10-13,15H2,2H3. The van der Waals surface area contributed by atoms with Gasteiger partial charge < -0.3 is 4.74 Å². The Morgan fingerprint density at radius 1 is 1.16 bits per heavy atom. The van der Waals surface area contributed by atoms with Crippen LogP contribution < -0.4 is 0 Å². The van der Waals surface area contributed by atoms with Crippen LogP contribution in [0, 0.1) is 5.82 Å². The van der Waals surface area contributed by atoms with E-state index >= 15 is 0 Å². The second-order valence-electron chi connectivity index (χ2n) is 7.41. The molecule has 3 aromatic rings. The Morgan fingerprint density at radius 3 is 2.56 bits per heavy atom. The molecule has 1 aromatic heterocycles. The molecular formula is C22H23FN4O3S2. The molecule has 0 bridgehead atoms. The van der Waals surface area contributed by atoms with Crippen LogP contribution >= 0.6 is 11.8 Å². The number of rotatable bonds is 7. The van der Waals surface area contributed by atoms with Crippen molar-refractivity contribution in [3.05, 3.63) is 66.5 Å². The number of hydrogen-bond donors (Lipinski definition) is 0. The molecule has 1 aliphatic heterocycles. The summed E-state index contributed by atoms with van der Waals surface area (Å²) in [5.41, 5.74) is 2.25. The Morgan fingerprint density at radius 2 is 1.88 bits per heavy atom. The third-order valence-electron chi connectivity index (χ3n) is 4.87. The van der Waals surface area contributed by atoms with Crippen molar-refractivity contribution in [3.63, 3.8) is 0 Å². The first-order chi connectivity index (χ1) is 15.4. The fourth-order valence-electron chi connectivity index (χ4n) is 3.29. The highest BCUT2D eigenvalue weighted by Crippen LogP contribution is 2.30. The molecule has 0 aliphatic carbocycles. The number of ether oxygens (including phenoxy) is 1. The zero-order chi connectivity index (χ0) is 22.7. The van der Waals surface area contributed by atoms with Gasteiger partial charge in [0.05, 0.1) is 18.1 Å². The lowest BCUT2D eigenvalue weighted by Gasteiger charge is -2.26. The molecule has 7 nitrogen and oxygen atoms in total. The lowest BCUT2D eigenvalue weighted by atomic mass is 10.2. The number of thioether (sulfide) groups is 1. The second-order valence-corrected chi connectivity index (χ2v) is 10.3. The Hall–Kier alpha value is -2.53. The topological polar surface area (TPSA) is 77.3 Å². The van der Waals surface area contributed by atoms with Crippen LogP contribution in [0.2, 0.25) is 0 Å². The van der Waals surface area contributed by atoms with Crippen LogP contribution in [-0.2, 0) is 14.8 Å². The Labute approximate surface area is 191 Å². The maximum atomic E-state index is 13.5. The molecule has 32 heavy (non-hydrogen) atoms. The maximum Gasteiger partial charge on any atom is 0.243 e. The highest BCUT2D eigenvalue weighted by atomic mass is 32.2. The van der Waals surface area contributed by atoms with Crippen LogP contribution in [0.15, 0.2) is 70.7 Å². The van der Waals surface area contributed by atoms with E-state index in [0.717, 1.165) is 5.57 Å². The average Bonchev–Trinajstić information content (AvgIpc) is 3.23. The molecule has 0 spiro atoms. The van der Waals surface area contributed by atoms with Crippen LogP contribution in [0.1, 0.15) is 6.92 Å². The molecule has 1 saturated heterocycles. The van der Waals surface area contributed by atoms with E-state index in [1.165, 1.54) is 28.2 Å². The number of nitrogens with zero attached hydrogens (tertiary/aromatic N) is 4. The minimum Gasteiger partial charge on any atom is -0.379 e. The van der Waals surface area contributed by atoms with Gasteiger partial charge in [-0.25, -0.2) is 12.8 Å². The van der Waals surface area contributed by atoms with Gasteiger partial charge in [0.1, 0.15) is 5.82 Å². The van der Waals surface area contributed by atoms with E-state index in [4.69, 9.17) is 4.74 Å². The summed E-state index contributed by atoms with van der Waals surface area (Å²) in [6.45, 7) is 7.24. The van der Waals surface area contributed by atoms with Crippen molar-refractivity contribution in [2.24, 2.45) is 0 Å². The maximum absolute atomic E-state index is 13.5. The number of hydrogen-bond acceptors (Lipinski definition) is 6. The summed E-state index contributed by atoms with van der Waals surface area (Å²) in [6, 6.07) is 12.7. The summed E-state index contributed by atoms with van der Waals surface area (Å²) >= 11 is 1.46. The van der Waals surface area contributed by atoms with Crippen LogP contribution in [0.4, 0.5) is 4.39 Å². The lowest BCUT2D eigenvalue weighted by Crippen LogP contribution is -2.40. The minimum atomic E-state index is -3.66. The molecule has 168 valence electrons. The predicted molar refractivity (Wildman–Crippen MR) is 122 cm³/mol. The first kappa shape index (κ1) is 22.7. The van der Waals surface area contributed by atoms with E-state index in [1.807, 2.05) is 6.92 Å². The molecule has 0 unspecified atom stereocenters.